The first-order valence-electron chi connectivity index (χ1n) is 7.47. The van der Waals surface area contributed by atoms with Gasteiger partial charge in [-0.15, -0.1) is 11.3 Å². The number of carbonyl (C=O) groups is 1. The normalized spacial score (nSPS) is 11.3. The highest BCUT2D eigenvalue weighted by atomic mass is 32.2. The number of nitrogens with one attached hydrogen (secondary N) is 1. The predicted molar refractivity (Wildman–Crippen MR) is 99.8 cm³/mol. The van der Waals surface area contributed by atoms with Crippen LogP contribution in [0.25, 0.3) is 10.6 Å². The lowest BCUT2D eigenvalue weighted by Crippen LogP contribution is -2.12. The molecule has 1 aromatic heterocycles. The fourth-order valence-electron chi connectivity index (χ4n) is 2.26. The number of aryl methyl sites for hydroxylation is 1. The molecule has 1 amide bonds. The number of benzene rings is 2. The summed E-state index contributed by atoms with van der Waals surface area (Å²) < 4.78 is 23.2. The summed E-state index contributed by atoms with van der Waals surface area (Å²) in [6.45, 7) is 1.94. The standard InChI is InChI=1S/C18H16N2O3S2/c1-12-11-24-18(19-12)14-8-6-13(7-9-14)17(21)20-15-4-3-5-16(10-15)25(2,22)23/h3-11H,1-2H3,(H,20,21). The zero-order chi connectivity index (χ0) is 18.0. The third kappa shape index (κ3) is 4.12. The molecule has 7 heteroatoms. The van der Waals surface area contributed by atoms with E-state index in [0.717, 1.165) is 22.5 Å². The first kappa shape index (κ1) is 17.3. The van der Waals surface area contributed by atoms with Crippen LogP contribution in [-0.4, -0.2) is 25.6 Å². The maximum atomic E-state index is 12.4. The van der Waals surface area contributed by atoms with E-state index in [9.17, 15) is 13.2 Å². The summed E-state index contributed by atoms with van der Waals surface area (Å²) in [6.07, 6.45) is 1.13. The van der Waals surface area contributed by atoms with E-state index in [2.05, 4.69) is 10.3 Å². The average molecular weight is 372 g/mol. The number of sulfone groups is 1. The van der Waals surface area contributed by atoms with Gasteiger partial charge < -0.3 is 5.32 Å². The molecule has 0 bridgehead atoms. The summed E-state index contributed by atoms with van der Waals surface area (Å²) in [4.78, 5) is 16.9. The summed E-state index contributed by atoms with van der Waals surface area (Å²) in [7, 11) is -3.32. The van der Waals surface area contributed by atoms with Crippen LogP contribution < -0.4 is 5.32 Å². The van der Waals surface area contributed by atoms with Crippen molar-refractivity contribution in [2.24, 2.45) is 0 Å². The van der Waals surface area contributed by atoms with Crippen LogP contribution in [0.3, 0.4) is 0 Å². The van der Waals surface area contributed by atoms with Crippen LogP contribution in [0.5, 0.6) is 0 Å². The zero-order valence-electron chi connectivity index (χ0n) is 13.7. The van der Waals surface area contributed by atoms with Crippen molar-refractivity contribution in [2.75, 3.05) is 11.6 Å². The van der Waals surface area contributed by atoms with Gasteiger partial charge in [0.1, 0.15) is 5.01 Å². The van der Waals surface area contributed by atoms with E-state index < -0.39 is 9.84 Å². The Bertz CT molecular complexity index is 1020. The highest BCUT2D eigenvalue weighted by molar-refractivity contribution is 7.90. The molecule has 0 atom stereocenters. The number of hydrogen-bond donors (Lipinski definition) is 1. The molecule has 5 nitrogen and oxygen atoms in total. The predicted octanol–water partition coefficient (Wildman–Crippen LogP) is 3.77. The van der Waals surface area contributed by atoms with Crippen LogP contribution in [0.2, 0.25) is 0 Å². The van der Waals surface area contributed by atoms with Crippen LogP contribution in [0, 0.1) is 6.92 Å². The second kappa shape index (κ2) is 6.78. The maximum Gasteiger partial charge on any atom is 0.255 e. The summed E-state index contributed by atoms with van der Waals surface area (Å²) >= 11 is 1.55. The lowest BCUT2D eigenvalue weighted by atomic mass is 10.1. The molecule has 0 aliphatic rings. The third-order valence-electron chi connectivity index (χ3n) is 3.53. The zero-order valence-corrected chi connectivity index (χ0v) is 15.3. The van der Waals surface area contributed by atoms with Gasteiger partial charge >= 0.3 is 0 Å². The van der Waals surface area contributed by atoms with Crippen molar-refractivity contribution < 1.29 is 13.2 Å². The SMILES string of the molecule is Cc1csc(-c2ccc(C(=O)Nc3cccc(S(C)(=O)=O)c3)cc2)n1. The Morgan fingerprint density at radius 1 is 1.12 bits per heavy atom. The van der Waals surface area contributed by atoms with Crippen molar-refractivity contribution in [3.63, 3.8) is 0 Å². The fourth-order valence-corrected chi connectivity index (χ4v) is 3.73. The molecule has 0 radical (unpaired) electrons. The lowest BCUT2D eigenvalue weighted by molar-refractivity contribution is 0.102. The van der Waals surface area contributed by atoms with Gasteiger partial charge in [0, 0.05) is 34.1 Å². The van der Waals surface area contributed by atoms with Gasteiger partial charge in [0.15, 0.2) is 9.84 Å². The molecule has 25 heavy (non-hydrogen) atoms. The van der Waals surface area contributed by atoms with Crippen molar-refractivity contribution in [3.8, 4) is 10.6 Å². The van der Waals surface area contributed by atoms with Crippen molar-refractivity contribution >= 4 is 32.8 Å². The Labute approximate surface area is 150 Å². The molecule has 0 unspecified atom stereocenters. The van der Waals surface area contributed by atoms with E-state index in [0.29, 0.717) is 11.3 Å². The summed E-state index contributed by atoms with van der Waals surface area (Å²) in [6, 6.07) is 13.3. The van der Waals surface area contributed by atoms with Crippen molar-refractivity contribution in [2.45, 2.75) is 11.8 Å². The van der Waals surface area contributed by atoms with E-state index in [1.165, 1.54) is 12.1 Å². The van der Waals surface area contributed by atoms with Crippen LogP contribution in [0.1, 0.15) is 16.1 Å². The van der Waals surface area contributed by atoms with Gasteiger partial charge in [-0.1, -0.05) is 18.2 Å². The Morgan fingerprint density at radius 3 is 2.44 bits per heavy atom. The molecule has 2 aromatic carbocycles. The second-order valence-corrected chi connectivity index (χ2v) is 8.50. The molecule has 3 rings (SSSR count). The Morgan fingerprint density at radius 2 is 1.84 bits per heavy atom. The van der Waals surface area contributed by atoms with E-state index in [-0.39, 0.29) is 10.8 Å². The van der Waals surface area contributed by atoms with Gasteiger partial charge in [-0.2, -0.15) is 0 Å². The topological polar surface area (TPSA) is 76.1 Å². The second-order valence-electron chi connectivity index (χ2n) is 5.63. The van der Waals surface area contributed by atoms with Gasteiger partial charge in [0.25, 0.3) is 5.91 Å². The monoisotopic (exact) mass is 372 g/mol. The quantitative estimate of drug-likeness (QED) is 0.756. The Kier molecular flexibility index (Phi) is 4.69. The maximum absolute atomic E-state index is 12.4. The summed E-state index contributed by atoms with van der Waals surface area (Å²) in [5.74, 6) is -0.299. The number of rotatable bonds is 4. The number of amides is 1. The molecule has 0 saturated heterocycles. The molecule has 1 heterocycles. The van der Waals surface area contributed by atoms with Crippen molar-refractivity contribution in [1.82, 2.24) is 4.98 Å². The molecule has 0 aliphatic carbocycles. The molecule has 3 aromatic rings. The van der Waals surface area contributed by atoms with E-state index in [4.69, 9.17) is 0 Å². The van der Waals surface area contributed by atoms with Crippen LogP contribution >= 0.6 is 11.3 Å². The lowest BCUT2D eigenvalue weighted by Gasteiger charge is -2.07. The molecule has 1 N–H and O–H groups in total. The number of thiazole rings is 1. The molecule has 0 saturated carbocycles. The highest BCUT2D eigenvalue weighted by Crippen LogP contribution is 2.24. The molecule has 0 fully saturated rings. The van der Waals surface area contributed by atoms with Gasteiger partial charge in [0.2, 0.25) is 0 Å². The largest absolute Gasteiger partial charge is 0.322 e. The van der Waals surface area contributed by atoms with Crippen LogP contribution in [0.15, 0.2) is 58.8 Å². The number of anilines is 1. The fraction of sp³-hybridized carbons (Fsp3) is 0.111. The molecule has 128 valence electrons. The van der Waals surface area contributed by atoms with Crippen LogP contribution in [0.4, 0.5) is 5.69 Å². The first-order chi connectivity index (χ1) is 11.8. The molecule has 0 aliphatic heterocycles. The number of aromatic nitrogens is 1. The third-order valence-corrected chi connectivity index (χ3v) is 5.65. The summed E-state index contributed by atoms with van der Waals surface area (Å²) in [5.41, 5.74) is 2.84. The highest BCUT2D eigenvalue weighted by Gasteiger charge is 2.11. The average Bonchev–Trinajstić information content (AvgIpc) is 3.01. The Hall–Kier alpha value is -2.51. The number of carbonyl (C=O) groups excluding carboxylic acids is 1. The molecular formula is C18H16N2O3S2. The summed E-state index contributed by atoms with van der Waals surface area (Å²) in [5, 5.41) is 5.60. The minimum atomic E-state index is -3.32. The smallest absolute Gasteiger partial charge is 0.255 e. The minimum Gasteiger partial charge on any atom is -0.322 e. The number of hydrogen-bond acceptors (Lipinski definition) is 5. The van der Waals surface area contributed by atoms with E-state index in [1.54, 1.807) is 35.6 Å². The van der Waals surface area contributed by atoms with E-state index >= 15 is 0 Å². The van der Waals surface area contributed by atoms with Gasteiger partial charge in [0.05, 0.1) is 4.90 Å². The van der Waals surface area contributed by atoms with Gasteiger partial charge in [-0.05, 0) is 37.3 Å². The minimum absolute atomic E-state index is 0.166. The van der Waals surface area contributed by atoms with Crippen molar-refractivity contribution in [3.05, 3.63) is 65.2 Å². The molecule has 0 spiro atoms. The van der Waals surface area contributed by atoms with Gasteiger partial charge in [-0.3, -0.25) is 4.79 Å². The van der Waals surface area contributed by atoms with Gasteiger partial charge in [-0.25, -0.2) is 13.4 Å². The first-order valence-corrected chi connectivity index (χ1v) is 10.2. The van der Waals surface area contributed by atoms with Crippen molar-refractivity contribution in [1.29, 1.82) is 0 Å². The number of nitrogens with zero attached hydrogens (tertiary/aromatic N) is 1. The Balaban J connectivity index is 1.78. The van der Waals surface area contributed by atoms with Crippen LogP contribution in [-0.2, 0) is 9.84 Å². The van der Waals surface area contributed by atoms with E-state index in [1.807, 2.05) is 24.4 Å². The molecular weight excluding hydrogens is 356 g/mol.